The second-order valence-electron chi connectivity index (χ2n) is 12.8. The average molecular weight is 613 g/mol. The van der Waals surface area contributed by atoms with Crippen molar-refractivity contribution in [2.75, 3.05) is 0 Å². The van der Waals surface area contributed by atoms with E-state index in [0.717, 1.165) is 29.5 Å². The van der Waals surface area contributed by atoms with Crippen LogP contribution in [0.2, 0.25) is 18.1 Å². The van der Waals surface area contributed by atoms with Gasteiger partial charge >= 0.3 is 0 Å². The molecular formula is C38H45FO4Si. The van der Waals surface area contributed by atoms with Crippen LogP contribution < -0.4 is 9.47 Å². The van der Waals surface area contributed by atoms with Gasteiger partial charge in [0.15, 0.2) is 14.1 Å². The monoisotopic (exact) mass is 612 g/mol. The van der Waals surface area contributed by atoms with Gasteiger partial charge in [0, 0.05) is 12.5 Å². The number of ether oxygens (including phenoxy) is 2. The lowest BCUT2D eigenvalue weighted by Crippen LogP contribution is -2.41. The molecule has 0 fully saturated rings. The van der Waals surface area contributed by atoms with Crippen molar-refractivity contribution in [3.8, 4) is 11.5 Å². The Bertz CT molecular complexity index is 1460. The SMILES string of the molecule is CC(C)(C)[Si](C)(C)O[C@H](CCCCC(=O)c1ccc(OCc2ccccc2)cc1OCc1ccccc1)c1ccc(F)cc1. The van der Waals surface area contributed by atoms with Gasteiger partial charge in [-0.1, -0.05) is 100.0 Å². The van der Waals surface area contributed by atoms with E-state index in [9.17, 15) is 9.18 Å². The Morgan fingerprint density at radius 3 is 1.95 bits per heavy atom. The van der Waals surface area contributed by atoms with Crippen LogP contribution in [-0.4, -0.2) is 14.1 Å². The maximum Gasteiger partial charge on any atom is 0.192 e. The Kier molecular flexibility index (Phi) is 11.5. The molecule has 0 radical (unpaired) electrons. The van der Waals surface area contributed by atoms with Crippen molar-refractivity contribution in [2.24, 2.45) is 0 Å². The highest BCUT2D eigenvalue weighted by molar-refractivity contribution is 6.74. The third kappa shape index (κ3) is 9.63. The first-order chi connectivity index (χ1) is 21.0. The zero-order valence-electron chi connectivity index (χ0n) is 26.6. The zero-order chi connectivity index (χ0) is 31.6. The number of carbonyl (C=O) groups is 1. The lowest BCUT2D eigenvalue weighted by atomic mass is 10.00. The molecule has 0 spiro atoms. The molecule has 6 heteroatoms. The summed E-state index contributed by atoms with van der Waals surface area (Å²) in [5.41, 5.74) is 3.62. The van der Waals surface area contributed by atoms with E-state index in [1.165, 1.54) is 12.1 Å². The molecular weight excluding hydrogens is 567 g/mol. The number of rotatable bonds is 15. The summed E-state index contributed by atoms with van der Waals surface area (Å²) in [4.78, 5) is 13.5. The Hall–Kier alpha value is -3.74. The van der Waals surface area contributed by atoms with Crippen LogP contribution in [0.1, 0.15) is 79.6 Å². The minimum Gasteiger partial charge on any atom is -0.489 e. The van der Waals surface area contributed by atoms with Gasteiger partial charge in [0.2, 0.25) is 0 Å². The maximum absolute atomic E-state index is 13.7. The standard InChI is InChI=1S/C38H45FO4Si/c1-38(2,3)44(4,5)43-36(31-20-22-32(39)23-21-31)19-13-12-18-35(40)34-25-24-33(41-27-29-14-8-6-9-15-29)26-37(34)42-28-30-16-10-7-11-17-30/h6-11,14-17,20-26,36H,12-13,18-19,27-28H2,1-5H3/t36-/m1/s1. The summed E-state index contributed by atoms with van der Waals surface area (Å²) in [5.74, 6) is 0.951. The van der Waals surface area contributed by atoms with Crippen molar-refractivity contribution < 1.29 is 23.1 Å². The number of carbonyl (C=O) groups excluding carboxylic acids is 1. The number of hydrogen-bond acceptors (Lipinski definition) is 4. The molecule has 4 nitrogen and oxygen atoms in total. The normalized spacial score (nSPS) is 12.5. The fourth-order valence-electron chi connectivity index (χ4n) is 4.67. The van der Waals surface area contributed by atoms with Crippen molar-refractivity contribution >= 4 is 14.1 Å². The summed E-state index contributed by atoms with van der Waals surface area (Å²) >= 11 is 0. The third-order valence-corrected chi connectivity index (χ3v) is 12.8. The van der Waals surface area contributed by atoms with Gasteiger partial charge in [0.05, 0.1) is 11.7 Å². The molecule has 0 aliphatic rings. The minimum atomic E-state index is -2.07. The number of benzene rings is 4. The molecule has 0 saturated heterocycles. The van der Waals surface area contributed by atoms with Crippen molar-refractivity contribution in [1.29, 1.82) is 0 Å². The number of unbranched alkanes of at least 4 members (excludes halogenated alkanes) is 1. The third-order valence-electron chi connectivity index (χ3n) is 8.34. The molecule has 0 bridgehead atoms. The highest BCUT2D eigenvalue weighted by Crippen LogP contribution is 2.41. The van der Waals surface area contributed by atoms with Crippen LogP contribution in [0.15, 0.2) is 103 Å². The van der Waals surface area contributed by atoms with Gasteiger partial charge in [0.25, 0.3) is 0 Å². The highest BCUT2D eigenvalue weighted by atomic mass is 28.4. The van der Waals surface area contributed by atoms with Crippen molar-refractivity contribution in [3.05, 3.63) is 131 Å². The summed E-state index contributed by atoms with van der Waals surface area (Å²) in [5, 5.41) is 0.0500. The second kappa shape index (κ2) is 15.3. The maximum atomic E-state index is 13.7. The van der Waals surface area contributed by atoms with Crippen molar-refractivity contribution in [2.45, 2.75) is 83.9 Å². The molecule has 0 N–H and O–H groups in total. The van der Waals surface area contributed by atoms with E-state index >= 15 is 0 Å². The van der Waals surface area contributed by atoms with Crippen LogP contribution in [0.5, 0.6) is 11.5 Å². The largest absolute Gasteiger partial charge is 0.489 e. The van der Waals surface area contributed by atoms with Gasteiger partial charge in [-0.2, -0.15) is 0 Å². The summed E-state index contributed by atoms with van der Waals surface area (Å²) in [6.07, 6.45) is 2.53. The first-order valence-electron chi connectivity index (χ1n) is 15.5. The Balaban J connectivity index is 1.42. The minimum absolute atomic E-state index is 0.0336. The fraction of sp³-hybridized carbons (Fsp3) is 0.342. The van der Waals surface area contributed by atoms with Crippen molar-refractivity contribution in [3.63, 3.8) is 0 Å². The van der Waals surface area contributed by atoms with E-state index in [0.29, 0.717) is 43.1 Å². The fourth-order valence-corrected chi connectivity index (χ4v) is 5.99. The Labute approximate surface area is 263 Å². The van der Waals surface area contributed by atoms with Gasteiger partial charge in [0.1, 0.15) is 30.5 Å². The van der Waals surface area contributed by atoms with Gasteiger partial charge in [-0.3, -0.25) is 4.79 Å². The van der Waals surface area contributed by atoms with Crippen LogP contribution in [0.25, 0.3) is 0 Å². The molecule has 4 aromatic rings. The van der Waals surface area contributed by atoms with Crippen LogP contribution >= 0.6 is 0 Å². The topological polar surface area (TPSA) is 44.8 Å². The van der Waals surface area contributed by atoms with Crippen LogP contribution in [-0.2, 0) is 17.6 Å². The summed E-state index contributed by atoms with van der Waals surface area (Å²) in [6.45, 7) is 11.9. The molecule has 0 aromatic heterocycles. The summed E-state index contributed by atoms with van der Waals surface area (Å²) < 4.78 is 32.7. The quantitative estimate of drug-likeness (QED) is 0.0761. The predicted octanol–water partition coefficient (Wildman–Crippen LogP) is 10.5. The van der Waals surface area contributed by atoms with Gasteiger partial charge in [-0.05, 0) is 71.9 Å². The predicted molar refractivity (Wildman–Crippen MR) is 178 cm³/mol. The first-order valence-corrected chi connectivity index (χ1v) is 18.4. The average Bonchev–Trinajstić information content (AvgIpc) is 3.01. The van der Waals surface area contributed by atoms with Crippen LogP contribution in [0, 0.1) is 5.82 Å². The molecule has 0 saturated carbocycles. The van der Waals surface area contributed by atoms with Crippen LogP contribution in [0.4, 0.5) is 4.39 Å². The molecule has 0 amide bonds. The molecule has 0 unspecified atom stereocenters. The Morgan fingerprint density at radius 2 is 1.36 bits per heavy atom. The van der Waals surface area contributed by atoms with E-state index in [1.807, 2.05) is 91.0 Å². The van der Waals surface area contributed by atoms with E-state index < -0.39 is 8.32 Å². The second-order valence-corrected chi connectivity index (χ2v) is 17.6. The van der Waals surface area contributed by atoms with Crippen LogP contribution in [0.3, 0.4) is 0 Å². The molecule has 1 atom stereocenters. The molecule has 232 valence electrons. The zero-order valence-corrected chi connectivity index (χ0v) is 27.6. The molecule has 0 aliphatic carbocycles. The lowest BCUT2D eigenvalue weighted by molar-refractivity contribution is 0.0971. The van der Waals surface area contributed by atoms with Crippen molar-refractivity contribution in [1.82, 2.24) is 0 Å². The number of halogens is 1. The number of ketones is 1. The summed E-state index contributed by atoms with van der Waals surface area (Å²) in [6, 6.07) is 32.0. The van der Waals surface area contributed by atoms with E-state index in [2.05, 4.69) is 33.9 Å². The first kappa shape index (κ1) is 33.2. The lowest BCUT2D eigenvalue weighted by Gasteiger charge is -2.39. The van der Waals surface area contributed by atoms with Gasteiger partial charge in [-0.15, -0.1) is 0 Å². The molecule has 4 rings (SSSR count). The van der Waals surface area contributed by atoms with E-state index in [4.69, 9.17) is 13.9 Å². The number of Topliss-reactive ketones (excluding diaryl/α,β-unsaturated/α-hetero) is 1. The molecule has 0 heterocycles. The summed E-state index contributed by atoms with van der Waals surface area (Å²) in [7, 11) is -2.07. The van der Waals surface area contributed by atoms with Gasteiger partial charge in [-0.25, -0.2) is 4.39 Å². The highest BCUT2D eigenvalue weighted by Gasteiger charge is 2.39. The smallest absolute Gasteiger partial charge is 0.192 e. The van der Waals surface area contributed by atoms with Gasteiger partial charge < -0.3 is 13.9 Å². The van der Waals surface area contributed by atoms with E-state index in [-0.39, 0.29) is 22.7 Å². The Morgan fingerprint density at radius 1 is 0.773 bits per heavy atom. The molecule has 4 aromatic carbocycles. The number of hydrogen-bond donors (Lipinski definition) is 0. The molecule has 44 heavy (non-hydrogen) atoms. The molecule has 0 aliphatic heterocycles. The van der Waals surface area contributed by atoms with E-state index in [1.54, 1.807) is 0 Å².